The van der Waals surface area contributed by atoms with E-state index >= 15 is 0 Å². The van der Waals surface area contributed by atoms with E-state index in [0.29, 0.717) is 17.6 Å². The highest BCUT2D eigenvalue weighted by atomic mass is 79.9. The molecule has 2 nitrogen and oxygen atoms in total. The van der Waals surface area contributed by atoms with Gasteiger partial charge in [0.15, 0.2) is 0 Å². The van der Waals surface area contributed by atoms with E-state index in [1.807, 2.05) is 14.1 Å². The molecule has 0 aromatic rings. The molecule has 0 aromatic heterocycles. The smallest absolute Gasteiger partial charge is 0.138 e. The minimum absolute atomic E-state index is 0. The maximum Gasteiger partial charge on any atom is 0.138 e. The average Bonchev–Trinajstić information content (AvgIpc) is 1.64. The van der Waals surface area contributed by atoms with Gasteiger partial charge >= 0.3 is 0 Å². The van der Waals surface area contributed by atoms with E-state index in [1.54, 1.807) is 0 Å². The lowest BCUT2D eigenvalue weighted by Crippen LogP contribution is -3.00. The molecule has 0 unspecified atom stereocenters. The molecular weight excluding hydrogens is 201 g/mol. The Morgan fingerprint density at radius 3 is 2.10 bits per heavy atom. The Hall–Kier alpha value is 0.330. The van der Waals surface area contributed by atoms with Crippen LogP contribution in [-0.4, -0.2) is 50.1 Å². The van der Waals surface area contributed by atoms with Crippen molar-refractivity contribution in [1.82, 2.24) is 0 Å². The van der Waals surface area contributed by atoms with Crippen LogP contribution in [-0.2, 0) is 0 Å². The van der Waals surface area contributed by atoms with Gasteiger partial charge in [-0.3, -0.25) is 0 Å². The summed E-state index contributed by atoms with van der Waals surface area (Å²) in [6, 6.07) is 0. The molecule has 0 aromatic carbocycles. The maximum absolute atomic E-state index is 11.7. The van der Waals surface area contributed by atoms with Crippen LogP contribution in [0.1, 0.15) is 0 Å². The molecule has 0 radical (unpaired) electrons. The first-order valence-electron chi connectivity index (χ1n) is 3.11. The standard InChI is InChI=1S/C6H15FNO.BrH/c1-8(2,4-3-7)5-6-9;/h9H,3-6H2,1-2H3;1H/q+1;/p-1. The summed E-state index contributed by atoms with van der Waals surface area (Å²) < 4.78 is 12.3. The van der Waals surface area contributed by atoms with Gasteiger partial charge in [0.05, 0.1) is 20.7 Å². The van der Waals surface area contributed by atoms with E-state index in [-0.39, 0.29) is 30.3 Å². The Bertz CT molecular complexity index is 72.1. The van der Waals surface area contributed by atoms with Crippen molar-refractivity contribution in [3.05, 3.63) is 0 Å². The van der Waals surface area contributed by atoms with Crippen molar-refractivity contribution in [2.24, 2.45) is 0 Å². The predicted molar refractivity (Wildman–Crippen MR) is 34.9 cm³/mol. The number of quaternary nitrogens is 1. The van der Waals surface area contributed by atoms with Gasteiger partial charge < -0.3 is 26.6 Å². The average molecular weight is 216 g/mol. The first kappa shape index (κ1) is 13.0. The van der Waals surface area contributed by atoms with Crippen LogP contribution >= 0.6 is 0 Å². The van der Waals surface area contributed by atoms with Crippen molar-refractivity contribution in [3.63, 3.8) is 0 Å². The van der Waals surface area contributed by atoms with Crippen molar-refractivity contribution in [1.29, 1.82) is 0 Å². The maximum atomic E-state index is 11.7. The monoisotopic (exact) mass is 215 g/mol. The minimum atomic E-state index is -0.312. The van der Waals surface area contributed by atoms with Gasteiger partial charge in [0.2, 0.25) is 0 Å². The van der Waals surface area contributed by atoms with Crippen LogP contribution in [0.5, 0.6) is 0 Å². The zero-order valence-electron chi connectivity index (χ0n) is 6.48. The van der Waals surface area contributed by atoms with E-state index in [1.165, 1.54) is 0 Å². The van der Waals surface area contributed by atoms with Gasteiger partial charge in [-0.15, -0.1) is 0 Å². The zero-order valence-corrected chi connectivity index (χ0v) is 8.06. The molecule has 0 heterocycles. The van der Waals surface area contributed by atoms with E-state index < -0.39 is 0 Å². The van der Waals surface area contributed by atoms with E-state index in [4.69, 9.17) is 5.11 Å². The second kappa shape index (κ2) is 6.07. The Morgan fingerprint density at radius 1 is 1.30 bits per heavy atom. The van der Waals surface area contributed by atoms with Crippen molar-refractivity contribution in [3.8, 4) is 0 Å². The molecule has 0 bridgehead atoms. The Balaban J connectivity index is 0. The van der Waals surface area contributed by atoms with E-state index in [2.05, 4.69) is 0 Å². The second-order valence-electron chi connectivity index (χ2n) is 2.80. The number of nitrogens with zero attached hydrogens (tertiary/aromatic N) is 1. The summed E-state index contributed by atoms with van der Waals surface area (Å²) in [5, 5.41) is 8.49. The second-order valence-corrected chi connectivity index (χ2v) is 2.80. The van der Waals surface area contributed by atoms with Gasteiger partial charge in [-0.05, 0) is 0 Å². The van der Waals surface area contributed by atoms with Gasteiger partial charge in [-0.25, -0.2) is 4.39 Å². The van der Waals surface area contributed by atoms with Crippen molar-refractivity contribution < 1.29 is 31.0 Å². The van der Waals surface area contributed by atoms with E-state index in [0.717, 1.165) is 0 Å². The molecule has 0 amide bonds. The largest absolute Gasteiger partial charge is 1.00 e. The predicted octanol–water partition coefficient (Wildman–Crippen LogP) is -2.97. The molecule has 4 heteroatoms. The van der Waals surface area contributed by atoms with Crippen molar-refractivity contribution in [2.45, 2.75) is 0 Å². The molecule has 0 fully saturated rings. The van der Waals surface area contributed by atoms with Crippen LogP contribution in [0.3, 0.4) is 0 Å². The molecule has 0 saturated heterocycles. The Kier molecular flexibility index (Phi) is 7.86. The molecule has 0 aliphatic heterocycles. The summed E-state index contributed by atoms with van der Waals surface area (Å²) in [7, 11) is 3.80. The van der Waals surface area contributed by atoms with Crippen LogP contribution in [0, 0.1) is 0 Å². The number of hydrogen-bond donors (Lipinski definition) is 1. The molecule has 1 N–H and O–H groups in total. The van der Waals surface area contributed by atoms with Gasteiger partial charge in [0, 0.05) is 0 Å². The van der Waals surface area contributed by atoms with Gasteiger partial charge in [-0.1, -0.05) is 0 Å². The van der Waals surface area contributed by atoms with Gasteiger partial charge in [0.1, 0.15) is 19.8 Å². The number of halogens is 2. The van der Waals surface area contributed by atoms with Crippen LogP contribution in [0.4, 0.5) is 4.39 Å². The number of alkyl halides is 1. The summed E-state index contributed by atoms with van der Waals surface area (Å²) in [6.07, 6.45) is 0. The molecule has 10 heavy (non-hydrogen) atoms. The number of rotatable bonds is 4. The van der Waals surface area contributed by atoms with Gasteiger partial charge in [0.25, 0.3) is 0 Å². The zero-order chi connectivity index (χ0) is 7.33. The summed E-state index contributed by atoms with van der Waals surface area (Å²) >= 11 is 0. The summed E-state index contributed by atoms with van der Waals surface area (Å²) in [6.45, 7) is 0.935. The summed E-state index contributed by atoms with van der Waals surface area (Å²) in [5.41, 5.74) is 0. The molecule has 0 rings (SSSR count). The number of hydrogen-bond acceptors (Lipinski definition) is 1. The fourth-order valence-electron chi connectivity index (χ4n) is 0.611. The molecule has 0 aliphatic carbocycles. The fourth-order valence-corrected chi connectivity index (χ4v) is 0.611. The molecular formula is C6H15BrFNO. The Labute approximate surface area is 72.0 Å². The van der Waals surface area contributed by atoms with Crippen LogP contribution < -0.4 is 17.0 Å². The van der Waals surface area contributed by atoms with Crippen LogP contribution in [0.25, 0.3) is 0 Å². The molecule has 0 aliphatic rings. The molecule has 0 atom stereocenters. The third kappa shape index (κ3) is 6.45. The topological polar surface area (TPSA) is 20.2 Å². The van der Waals surface area contributed by atoms with Crippen LogP contribution in [0.2, 0.25) is 0 Å². The lowest BCUT2D eigenvalue weighted by Gasteiger charge is -2.27. The minimum Gasteiger partial charge on any atom is -1.00 e. The summed E-state index contributed by atoms with van der Waals surface area (Å²) in [5.74, 6) is 0. The quantitative estimate of drug-likeness (QED) is 0.497. The van der Waals surface area contributed by atoms with Crippen molar-refractivity contribution >= 4 is 0 Å². The molecule has 0 saturated carbocycles. The first-order chi connectivity index (χ1) is 4.12. The molecule has 0 spiro atoms. The third-order valence-electron chi connectivity index (χ3n) is 1.40. The highest BCUT2D eigenvalue weighted by Crippen LogP contribution is 1.94. The summed E-state index contributed by atoms with van der Waals surface area (Å²) in [4.78, 5) is 0. The van der Waals surface area contributed by atoms with E-state index in [9.17, 15) is 4.39 Å². The van der Waals surface area contributed by atoms with Crippen molar-refractivity contribution in [2.75, 3.05) is 40.5 Å². The Morgan fingerprint density at radius 2 is 1.80 bits per heavy atom. The van der Waals surface area contributed by atoms with Crippen LogP contribution in [0.15, 0.2) is 0 Å². The SMILES string of the molecule is C[N+](C)(CCO)CCF.[Br-]. The normalized spacial score (nSPS) is 10.8. The first-order valence-corrected chi connectivity index (χ1v) is 3.11. The molecule has 64 valence electrons. The number of likely N-dealkylation sites (N-methyl/N-ethyl adjacent to an activating group) is 1. The third-order valence-corrected chi connectivity index (χ3v) is 1.40. The van der Waals surface area contributed by atoms with Gasteiger partial charge in [-0.2, -0.15) is 0 Å². The lowest BCUT2D eigenvalue weighted by atomic mass is 10.4. The highest BCUT2D eigenvalue weighted by Gasteiger charge is 2.11. The fraction of sp³-hybridized carbons (Fsp3) is 1.00. The highest BCUT2D eigenvalue weighted by molar-refractivity contribution is 4.30. The number of aliphatic hydroxyl groups excluding tert-OH is 1. The lowest BCUT2D eigenvalue weighted by molar-refractivity contribution is -0.890. The number of aliphatic hydroxyl groups is 1.